The van der Waals surface area contributed by atoms with Crippen molar-refractivity contribution in [2.45, 2.75) is 32.7 Å². The van der Waals surface area contributed by atoms with Crippen molar-refractivity contribution in [1.29, 1.82) is 0 Å². The van der Waals surface area contributed by atoms with Gasteiger partial charge < -0.3 is 16.4 Å². The minimum atomic E-state index is -0.0995. The van der Waals surface area contributed by atoms with Crippen molar-refractivity contribution < 1.29 is 4.79 Å². The number of nitrogens with two attached hydrogens (primary N) is 1. The number of rotatable bonds is 5. The Balaban J connectivity index is 3.20. The molecular formula is C8H19N3O. The largest absolute Gasteiger partial charge is 0.338 e. The first-order chi connectivity index (χ1) is 5.66. The molecule has 0 spiro atoms. The number of carbonyl (C=O) groups excluding carboxylic acids is 1. The molecule has 0 saturated heterocycles. The van der Waals surface area contributed by atoms with Gasteiger partial charge in [0.1, 0.15) is 0 Å². The molecule has 72 valence electrons. The van der Waals surface area contributed by atoms with E-state index < -0.39 is 0 Å². The maximum atomic E-state index is 10.9. The van der Waals surface area contributed by atoms with Gasteiger partial charge in [0, 0.05) is 19.1 Å². The summed E-state index contributed by atoms with van der Waals surface area (Å²) in [6.45, 7) is 5.31. The topological polar surface area (TPSA) is 67.2 Å². The molecule has 0 fully saturated rings. The van der Waals surface area contributed by atoms with E-state index in [1.54, 1.807) is 0 Å². The van der Waals surface area contributed by atoms with Crippen LogP contribution in [0.25, 0.3) is 0 Å². The number of urea groups is 1. The zero-order valence-corrected chi connectivity index (χ0v) is 7.89. The Kier molecular flexibility index (Phi) is 6.47. The third-order valence-corrected chi connectivity index (χ3v) is 1.42. The summed E-state index contributed by atoms with van der Waals surface area (Å²) in [5, 5.41) is 5.43. The van der Waals surface area contributed by atoms with E-state index in [1.807, 2.05) is 13.8 Å². The van der Waals surface area contributed by atoms with E-state index in [1.165, 1.54) is 0 Å². The maximum absolute atomic E-state index is 10.9. The normalized spacial score (nSPS) is 12.2. The second-order valence-corrected chi connectivity index (χ2v) is 2.95. The molecule has 1 atom stereocenters. The number of hydrogen-bond donors (Lipinski definition) is 3. The molecule has 0 rings (SSSR count). The Morgan fingerprint density at radius 2 is 2.00 bits per heavy atom. The fourth-order valence-corrected chi connectivity index (χ4v) is 0.714. The molecule has 0 aromatic rings. The van der Waals surface area contributed by atoms with Crippen molar-refractivity contribution in [2.24, 2.45) is 5.73 Å². The first-order valence-electron chi connectivity index (χ1n) is 4.44. The number of nitrogens with one attached hydrogen (secondary N) is 2. The smallest absolute Gasteiger partial charge is 0.314 e. The number of hydrogen-bond acceptors (Lipinski definition) is 2. The zero-order valence-electron chi connectivity index (χ0n) is 7.89. The predicted molar refractivity (Wildman–Crippen MR) is 50.0 cm³/mol. The van der Waals surface area contributed by atoms with Gasteiger partial charge in [-0.2, -0.15) is 0 Å². The van der Waals surface area contributed by atoms with E-state index in [9.17, 15) is 4.79 Å². The lowest BCUT2D eigenvalue weighted by Gasteiger charge is -2.07. The van der Waals surface area contributed by atoms with Gasteiger partial charge in [-0.3, -0.25) is 0 Å². The lowest BCUT2D eigenvalue weighted by molar-refractivity contribution is 0.240. The summed E-state index contributed by atoms with van der Waals surface area (Å²) in [7, 11) is 0. The van der Waals surface area contributed by atoms with Crippen molar-refractivity contribution in [3.05, 3.63) is 0 Å². The summed E-state index contributed by atoms with van der Waals surface area (Å²) >= 11 is 0. The Bertz CT molecular complexity index is 125. The predicted octanol–water partition coefficient (Wildman–Crippen LogP) is 0.433. The van der Waals surface area contributed by atoms with Gasteiger partial charge in [0.25, 0.3) is 0 Å². The SMILES string of the molecule is CCCNC(=O)NCCC(C)N. The summed E-state index contributed by atoms with van der Waals surface area (Å²) in [6.07, 6.45) is 1.78. The highest BCUT2D eigenvalue weighted by Crippen LogP contribution is 1.82. The van der Waals surface area contributed by atoms with Gasteiger partial charge in [-0.25, -0.2) is 4.79 Å². The molecule has 0 saturated carbocycles. The molecule has 0 aliphatic carbocycles. The van der Waals surface area contributed by atoms with Gasteiger partial charge in [0.15, 0.2) is 0 Å². The molecule has 1 unspecified atom stereocenters. The van der Waals surface area contributed by atoms with E-state index in [2.05, 4.69) is 10.6 Å². The van der Waals surface area contributed by atoms with E-state index in [0.717, 1.165) is 19.4 Å². The second-order valence-electron chi connectivity index (χ2n) is 2.95. The van der Waals surface area contributed by atoms with Gasteiger partial charge in [-0.1, -0.05) is 6.92 Å². The Morgan fingerprint density at radius 3 is 2.50 bits per heavy atom. The van der Waals surface area contributed by atoms with Crippen LogP contribution in [0, 0.1) is 0 Å². The minimum absolute atomic E-state index is 0.0995. The van der Waals surface area contributed by atoms with Crippen LogP contribution >= 0.6 is 0 Å². The highest BCUT2D eigenvalue weighted by molar-refractivity contribution is 5.73. The second kappa shape index (κ2) is 6.91. The highest BCUT2D eigenvalue weighted by atomic mass is 16.2. The fourth-order valence-electron chi connectivity index (χ4n) is 0.714. The minimum Gasteiger partial charge on any atom is -0.338 e. The molecule has 12 heavy (non-hydrogen) atoms. The van der Waals surface area contributed by atoms with Crippen molar-refractivity contribution in [3.63, 3.8) is 0 Å². The molecule has 4 N–H and O–H groups in total. The molecule has 0 aromatic carbocycles. The Hall–Kier alpha value is -0.770. The Morgan fingerprint density at radius 1 is 1.42 bits per heavy atom. The van der Waals surface area contributed by atoms with Gasteiger partial charge in [0.05, 0.1) is 0 Å². The third kappa shape index (κ3) is 7.34. The van der Waals surface area contributed by atoms with E-state index in [4.69, 9.17) is 5.73 Å². The Labute approximate surface area is 73.9 Å². The quantitative estimate of drug-likeness (QED) is 0.564. The fraction of sp³-hybridized carbons (Fsp3) is 0.875. The first-order valence-corrected chi connectivity index (χ1v) is 4.44. The third-order valence-electron chi connectivity index (χ3n) is 1.42. The van der Waals surface area contributed by atoms with Gasteiger partial charge in [-0.05, 0) is 19.8 Å². The molecular weight excluding hydrogens is 154 g/mol. The highest BCUT2D eigenvalue weighted by Gasteiger charge is 1.98. The molecule has 2 amide bonds. The van der Waals surface area contributed by atoms with Crippen LogP contribution in [-0.2, 0) is 0 Å². The van der Waals surface area contributed by atoms with Crippen LogP contribution in [0.3, 0.4) is 0 Å². The maximum Gasteiger partial charge on any atom is 0.314 e. The lowest BCUT2D eigenvalue weighted by Crippen LogP contribution is -2.37. The molecule has 0 aromatic heterocycles. The van der Waals surface area contributed by atoms with Crippen LogP contribution in [0.15, 0.2) is 0 Å². The number of carbonyl (C=O) groups is 1. The van der Waals surface area contributed by atoms with Crippen molar-refractivity contribution in [1.82, 2.24) is 10.6 Å². The molecule has 0 aliphatic rings. The van der Waals surface area contributed by atoms with Crippen LogP contribution in [0.2, 0.25) is 0 Å². The van der Waals surface area contributed by atoms with Gasteiger partial charge in [0.2, 0.25) is 0 Å². The molecule has 4 nitrogen and oxygen atoms in total. The average Bonchev–Trinajstić information content (AvgIpc) is 2.00. The molecule has 0 radical (unpaired) electrons. The average molecular weight is 173 g/mol. The molecule has 0 heterocycles. The van der Waals surface area contributed by atoms with Crippen molar-refractivity contribution >= 4 is 6.03 Å². The summed E-state index contributed by atoms with van der Waals surface area (Å²) < 4.78 is 0. The van der Waals surface area contributed by atoms with Crippen LogP contribution < -0.4 is 16.4 Å². The van der Waals surface area contributed by atoms with E-state index >= 15 is 0 Å². The van der Waals surface area contributed by atoms with E-state index in [0.29, 0.717) is 6.54 Å². The van der Waals surface area contributed by atoms with Gasteiger partial charge in [-0.15, -0.1) is 0 Å². The van der Waals surface area contributed by atoms with E-state index in [-0.39, 0.29) is 12.1 Å². The van der Waals surface area contributed by atoms with Crippen LogP contribution in [0.1, 0.15) is 26.7 Å². The molecule has 0 bridgehead atoms. The zero-order chi connectivity index (χ0) is 9.40. The summed E-state index contributed by atoms with van der Waals surface area (Å²) in [5.41, 5.74) is 5.51. The van der Waals surface area contributed by atoms with Crippen LogP contribution in [-0.4, -0.2) is 25.2 Å². The van der Waals surface area contributed by atoms with Crippen molar-refractivity contribution in [2.75, 3.05) is 13.1 Å². The standard InChI is InChI=1S/C8H19N3O/c1-3-5-10-8(12)11-6-4-7(2)9/h7H,3-6,9H2,1-2H3,(H2,10,11,12). The monoisotopic (exact) mass is 173 g/mol. The summed E-state index contributed by atoms with van der Waals surface area (Å²) in [4.78, 5) is 10.9. The van der Waals surface area contributed by atoms with Crippen LogP contribution in [0.4, 0.5) is 4.79 Å². The first kappa shape index (κ1) is 11.2. The molecule has 0 aliphatic heterocycles. The van der Waals surface area contributed by atoms with Gasteiger partial charge >= 0.3 is 6.03 Å². The number of amides is 2. The molecule has 4 heteroatoms. The van der Waals surface area contributed by atoms with Crippen LogP contribution in [0.5, 0.6) is 0 Å². The van der Waals surface area contributed by atoms with Crippen molar-refractivity contribution in [3.8, 4) is 0 Å². The summed E-state index contributed by atoms with van der Waals surface area (Å²) in [5.74, 6) is 0. The summed E-state index contributed by atoms with van der Waals surface area (Å²) in [6, 6.07) is 0.0500. The lowest BCUT2D eigenvalue weighted by atomic mass is 10.2.